The van der Waals surface area contributed by atoms with Gasteiger partial charge in [0.1, 0.15) is 0 Å². The molecule has 0 aliphatic heterocycles. The number of carbonyl (C=O) groups is 2. The molecule has 0 radical (unpaired) electrons. The van der Waals surface area contributed by atoms with Crippen LogP contribution in [0.15, 0.2) is 30.4 Å². The van der Waals surface area contributed by atoms with Crippen molar-refractivity contribution in [2.45, 2.75) is 13.3 Å². The summed E-state index contributed by atoms with van der Waals surface area (Å²) in [6.45, 7) is 1.88. The van der Waals surface area contributed by atoms with E-state index in [-0.39, 0.29) is 17.7 Å². The number of hydrogen-bond donors (Lipinski definition) is 2. The molecule has 21 heavy (non-hydrogen) atoms. The Morgan fingerprint density at radius 1 is 1.24 bits per heavy atom. The van der Waals surface area contributed by atoms with Crippen LogP contribution in [0.1, 0.15) is 12.0 Å². The number of halogens is 1. The molecule has 110 valence electrons. The molecule has 1 aromatic rings. The first-order valence-corrected chi connectivity index (χ1v) is 7.33. The number of aliphatic carboxylic acids is 1. The Kier molecular flexibility index (Phi) is 3.49. The first-order chi connectivity index (χ1) is 9.97. The first-order valence-electron chi connectivity index (χ1n) is 6.95. The topological polar surface area (TPSA) is 66.4 Å². The molecule has 2 N–H and O–H groups in total. The molecule has 2 aliphatic rings. The maximum Gasteiger partial charge on any atom is 0.307 e. The van der Waals surface area contributed by atoms with Crippen LogP contribution in [0.25, 0.3) is 0 Å². The number of amides is 1. The third-order valence-corrected chi connectivity index (χ3v) is 4.89. The van der Waals surface area contributed by atoms with E-state index >= 15 is 0 Å². The molecule has 5 heteroatoms. The van der Waals surface area contributed by atoms with Crippen LogP contribution in [0.4, 0.5) is 5.69 Å². The standard InChI is InChI=1S/C16H16ClNO3/c1-8-2-5-11(7-12(8)17)18-15(19)13-9-3-4-10(6-9)14(13)16(20)21/h2-5,7,9-10,13-14H,6H2,1H3,(H,18,19)(H,20,21)/t9-,10+,13+,14+/m1/s1. The van der Waals surface area contributed by atoms with Gasteiger partial charge in [-0.15, -0.1) is 0 Å². The fraction of sp³-hybridized carbons (Fsp3) is 0.375. The molecule has 1 fully saturated rings. The number of carboxylic acid groups (broad SMARTS) is 1. The van der Waals surface area contributed by atoms with E-state index in [0.29, 0.717) is 10.7 Å². The van der Waals surface area contributed by atoms with E-state index in [0.717, 1.165) is 12.0 Å². The lowest BCUT2D eigenvalue weighted by atomic mass is 9.82. The van der Waals surface area contributed by atoms with Gasteiger partial charge in [0, 0.05) is 10.7 Å². The summed E-state index contributed by atoms with van der Waals surface area (Å²) >= 11 is 6.04. The predicted molar refractivity (Wildman–Crippen MR) is 80.2 cm³/mol. The van der Waals surface area contributed by atoms with E-state index in [9.17, 15) is 14.7 Å². The van der Waals surface area contributed by atoms with E-state index in [1.54, 1.807) is 12.1 Å². The Morgan fingerprint density at radius 2 is 1.90 bits per heavy atom. The van der Waals surface area contributed by atoms with Crippen LogP contribution in [-0.2, 0) is 9.59 Å². The normalized spacial score (nSPS) is 29.6. The highest BCUT2D eigenvalue weighted by Crippen LogP contribution is 2.48. The molecule has 1 amide bonds. The lowest BCUT2D eigenvalue weighted by molar-refractivity contribution is -0.146. The van der Waals surface area contributed by atoms with Crippen LogP contribution < -0.4 is 5.32 Å². The maximum absolute atomic E-state index is 12.5. The average Bonchev–Trinajstić information content (AvgIpc) is 3.03. The molecule has 2 aliphatic carbocycles. The summed E-state index contributed by atoms with van der Waals surface area (Å²) in [5.41, 5.74) is 1.53. The smallest absolute Gasteiger partial charge is 0.307 e. The second kappa shape index (κ2) is 5.19. The van der Waals surface area contributed by atoms with Crippen molar-refractivity contribution < 1.29 is 14.7 Å². The number of carbonyl (C=O) groups excluding carboxylic acids is 1. The highest BCUT2D eigenvalue weighted by molar-refractivity contribution is 6.31. The molecule has 4 atom stereocenters. The summed E-state index contributed by atoms with van der Waals surface area (Å²) in [4.78, 5) is 23.9. The molecule has 3 rings (SSSR count). The van der Waals surface area contributed by atoms with Gasteiger partial charge in [-0.1, -0.05) is 29.8 Å². The monoisotopic (exact) mass is 305 g/mol. The molecule has 1 aromatic carbocycles. The number of anilines is 1. The minimum atomic E-state index is -0.895. The van der Waals surface area contributed by atoms with E-state index in [4.69, 9.17) is 11.6 Å². The zero-order valence-corrected chi connectivity index (χ0v) is 12.3. The molecule has 0 unspecified atom stereocenters. The van der Waals surface area contributed by atoms with Crippen molar-refractivity contribution in [2.24, 2.45) is 23.7 Å². The number of benzene rings is 1. The van der Waals surface area contributed by atoms with Crippen molar-refractivity contribution in [3.63, 3.8) is 0 Å². The maximum atomic E-state index is 12.5. The van der Waals surface area contributed by atoms with Crippen molar-refractivity contribution in [3.8, 4) is 0 Å². The number of hydrogen-bond acceptors (Lipinski definition) is 2. The molecule has 1 saturated carbocycles. The lowest BCUT2D eigenvalue weighted by Gasteiger charge is -2.23. The minimum absolute atomic E-state index is 0.0233. The quantitative estimate of drug-likeness (QED) is 0.843. The number of carboxylic acids is 1. The summed E-state index contributed by atoms with van der Waals surface area (Å²) in [7, 11) is 0. The zero-order chi connectivity index (χ0) is 15.1. The molecular formula is C16H16ClNO3. The molecule has 2 bridgehead atoms. The van der Waals surface area contributed by atoms with Crippen LogP contribution in [0, 0.1) is 30.6 Å². The second-order valence-corrected chi connectivity index (χ2v) is 6.20. The minimum Gasteiger partial charge on any atom is -0.481 e. The fourth-order valence-corrected chi connectivity index (χ4v) is 3.59. The van der Waals surface area contributed by atoms with Crippen molar-refractivity contribution in [1.82, 2.24) is 0 Å². The van der Waals surface area contributed by atoms with Crippen LogP contribution in [0.3, 0.4) is 0 Å². The van der Waals surface area contributed by atoms with Gasteiger partial charge in [0.25, 0.3) is 0 Å². The van der Waals surface area contributed by atoms with Gasteiger partial charge < -0.3 is 10.4 Å². The van der Waals surface area contributed by atoms with Gasteiger partial charge in [-0.2, -0.15) is 0 Å². The zero-order valence-electron chi connectivity index (χ0n) is 11.5. The average molecular weight is 306 g/mol. The number of allylic oxidation sites excluding steroid dienone is 2. The van der Waals surface area contributed by atoms with Gasteiger partial charge in [0.05, 0.1) is 11.8 Å². The van der Waals surface area contributed by atoms with Gasteiger partial charge in [-0.05, 0) is 42.9 Å². The summed E-state index contributed by atoms with van der Waals surface area (Å²) in [5.74, 6) is -2.26. The van der Waals surface area contributed by atoms with E-state index in [1.165, 1.54) is 0 Å². The first kappa shape index (κ1) is 14.1. The van der Waals surface area contributed by atoms with Gasteiger partial charge in [0.2, 0.25) is 5.91 Å². The van der Waals surface area contributed by atoms with Gasteiger partial charge in [-0.25, -0.2) is 0 Å². The molecule has 0 aromatic heterocycles. The molecule has 4 nitrogen and oxygen atoms in total. The van der Waals surface area contributed by atoms with Crippen molar-refractivity contribution in [1.29, 1.82) is 0 Å². The van der Waals surface area contributed by atoms with Crippen LogP contribution in [-0.4, -0.2) is 17.0 Å². The van der Waals surface area contributed by atoms with Crippen molar-refractivity contribution >= 4 is 29.2 Å². The largest absolute Gasteiger partial charge is 0.481 e. The van der Waals surface area contributed by atoms with Gasteiger partial charge in [-0.3, -0.25) is 9.59 Å². The van der Waals surface area contributed by atoms with E-state index in [2.05, 4.69) is 5.32 Å². The van der Waals surface area contributed by atoms with Crippen molar-refractivity contribution in [3.05, 3.63) is 40.9 Å². The highest BCUT2D eigenvalue weighted by atomic mass is 35.5. The van der Waals surface area contributed by atoms with Gasteiger partial charge in [0.15, 0.2) is 0 Å². The Labute approximate surface area is 127 Å². The lowest BCUT2D eigenvalue weighted by Crippen LogP contribution is -2.36. The van der Waals surface area contributed by atoms with Gasteiger partial charge >= 0.3 is 5.97 Å². The predicted octanol–water partition coefficient (Wildman–Crippen LogP) is 3.11. The second-order valence-electron chi connectivity index (χ2n) is 5.79. The molecular weight excluding hydrogens is 290 g/mol. The van der Waals surface area contributed by atoms with Crippen LogP contribution in [0.5, 0.6) is 0 Å². The summed E-state index contributed by atoms with van der Waals surface area (Å²) in [6.07, 6.45) is 4.65. The number of nitrogens with one attached hydrogen (secondary N) is 1. The summed E-state index contributed by atoms with van der Waals surface area (Å²) in [5, 5.41) is 12.7. The summed E-state index contributed by atoms with van der Waals surface area (Å²) < 4.78 is 0. The van der Waals surface area contributed by atoms with Crippen LogP contribution in [0.2, 0.25) is 5.02 Å². The van der Waals surface area contributed by atoms with Crippen LogP contribution >= 0.6 is 11.6 Å². The molecule has 0 spiro atoms. The van der Waals surface area contributed by atoms with E-state index in [1.807, 2.05) is 25.1 Å². The Balaban J connectivity index is 1.80. The third-order valence-electron chi connectivity index (χ3n) is 4.49. The number of fused-ring (bicyclic) bond motifs is 2. The number of aryl methyl sites for hydroxylation is 1. The Morgan fingerprint density at radius 3 is 2.52 bits per heavy atom. The highest BCUT2D eigenvalue weighted by Gasteiger charge is 2.51. The third kappa shape index (κ3) is 2.44. The fourth-order valence-electron chi connectivity index (χ4n) is 3.41. The Bertz CT molecular complexity index is 640. The van der Waals surface area contributed by atoms with Crippen molar-refractivity contribution in [2.75, 3.05) is 5.32 Å². The number of rotatable bonds is 3. The molecule has 0 saturated heterocycles. The Hall–Kier alpha value is -1.81. The summed E-state index contributed by atoms with van der Waals surface area (Å²) in [6, 6.07) is 5.29. The SMILES string of the molecule is Cc1ccc(NC(=O)[C@@H]2[C@@H](C(=O)O)[C@H]3C=C[C@@H]2C3)cc1Cl. The van der Waals surface area contributed by atoms with E-state index < -0.39 is 17.8 Å². The molecule has 0 heterocycles.